The third kappa shape index (κ3) is 2.19. The van der Waals surface area contributed by atoms with Crippen molar-refractivity contribution in [3.05, 3.63) is 29.6 Å². The largest absolute Gasteiger partial charge is 0.338 e. The third-order valence-corrected chi connectivity index (χ3v) is 3.88. The Morgan fingerprint density at radius 2 is 2.35 bits per heavy atom. The molecule has 0 radical (unpaired) electrons. The summed E-state index contributed by atoms with van der Waals surface area (Å²) in [5.74, 6) is 1.25. The molecule has 7 heteroatoms. The van der Waals surface area contributed by atoms with Crippen LogP contribution in [-0.4, -0.2) is 48.9 Å². The van der Waals surface area contributed by atoms with Gasteiger partial charge in [0.05, 0.1) is 11.8 Å². The highest BCUT2D eigenvalue weighted by Gasteiger charge is 2.28. The van der Waals surface area contributed by atoms with Crippen LogP contribution in [0.3, 0.4) is 0 Å². The van der Waals surface area contributed by atoms with Crippen molar-refractivity contribution in [2.24, 2.45) is 7.05 Å². The first kappa shape index (κ1) is 12.8. The molecule has 106 valence electrons. The summed E-state index contributed by atoms with van der Waals surface area (Å²) in [6.45, 7) is 3.35. The molecule has 7 nitrogen and oxygen atoms in total. The molecule has 1 atom stereocenters. The topological polar surface area (TPSA) is 79.7 Å². The number of hydrogen-bond donors (Lipinski definition) is 1. The molecule has 1 fully saturated rings. The second-order valence-electron chi connectivity index (χ2n) is 5.30. The number of aryl methyl sites for hydroxylation is 2. The summed E-state index contributed by atoms with van der Waals surface area (Å²) in [4.78, 5) is 14.4. The summed E-state index contributed by atoms with van der Waals surface area (Å²) < 4.78 is 1.93. The van der Waals surface area contributed by atoms with Crippen molar-refractivity contribution in [1.29, 1.82) is 0 Å². The SMILES string of the molecule is Cc1[nH]ncc1C(=O)N1CCCC(c2nncn2C)C1. The Hall–Kier alpha value is -2.18. The van der Waals surface area contributed by atoms with Gasteiger partial charge in [-0.15, -0.1) is 10.2 Å². The molecule has 1 unspecified atom stereocenters. The predicted molar refractivity (Wildman–Crippen MR) is 72.2 cm³/mol. The Labute approximate surface area is 117 Å². The van der Waals surface area contributed by atoms with E-state index in [9.17, 15) is 4.79 Å². The van der Waals surface area contributed by atoms with Crippen molar-refractivity contribution >= 4 is 5.91 Å². The maximum absolute atomic E-state index is 12.5. The van der Waals surface area contributed by atoms with E-state index in [4.69, 9.17) is 0 Å². The number of hydrogen-bond acceptors (Lipinski definition) is 4. The Bertz CT molecular complexity index is 616. The lowest BCUT2D eigenvalue weighted by Gasteiger charge is -2.32. The van der Waals surface area contributed by atoms with Crippen LogP contribution < -0.4 is 0 Å². The van der Waals surface area contributed by atoms with E-state index in [0.29, 0.717) is 12.1 Å². The zero-order valence-corrected chi connectivity index (χ0v) is 11.7. The fraction of sp³-hybridized carbons (Fsp3) is 0.538. The predicted octanol–water partition coefficient (Wildman–Crippen LogP) is 0.866. The average Bonchev–Trinajstić information content (AvgIpc) is 3.07. The molecule has 1 N–H and O–H groups in total. The average molecular weight is 274 g/mol. The first-order chi connectivity index (χ1) is 9.66. The molecule has 0 bridgehead atoms. The van der Waals surface area contributed by atoms with E-state index >= 15 is 0 Å². The Kier molecular flexibility index (Phi) is 3.25. The van der Waals surface area contributed by atoms with Crippen LogP contribution in [0, 0.1) is 6.92 Å². The number of aromatic amines is 1. The quantitative estimate of drug-likeness (QED) is 0.881. The smallest absolute Gasteiger partial charge is 0.257 e. The van der Waals surface area contributed by atoms with Gasteiger partial charge in [-0.3, -0.25) is 9.89 Å². The molecule has 2 aromatic rings. The molecule has 0 aromatic carbocycles. The molecule has 1 amide bonds. The first-order valence-corrected chi connectivity index (χ1v) is 6.80. The summed E-state index contributed by atoms with van der Waals surface area (Å²) in [5, 5.41) is 14.8. The number of nitrogens with one attached hydrogen (secondary N) is 1. The fourth-order valence-corrected chi connectivity index (χ4v) is 2.77. The minimum atomic E-state index is 0.0446. The van der Waals surface area contributed by atoms with Crippen molar-refractivity contribution in [2.45, 2.75) is 25.7 Å². The van der Waals surface area contributed by atoms with Crippen molar-refractivity contribution in [1.82, 2.24) is 29.9 Å². The Balaban J connectivity index is 1.77. The second-order valence-corrected chi connectivity index (χ2v) is 5.30. The number of carbonyl (C=O) groups excluding carboxylic acids is 1. The molecule has 1 aliphatic heterocycles. The van der Waals surface area contributed by atoms with Crippen LogP contribution in [0.15, 0.2) is 12.5 Å². The lowest BCUT2D eigenvalue weighted by atomic mass is 9.96. The lowest BCUT2D eigenvalue weighted by molar-refractivity contribution is 0.0703. The number of aromatic nitrogens is 5. The molecule has 1 aliphatic rings. The van der Waals surface area contributed by atoms with Crippen molar-refractivity contribution in [2.75, 3.05) is 13.1 Å². The van der Waals surface area contributed by atoms with Gasteiger partial charge in [-0.2, -0.15) is 5.10 Å². The fourth-order valence-electron chi connectivity index (χ4n) is 2.77. The summed E-state index contributed by atoms with van der Waals surface area (Å²) in [5.41, 5.74) is 1.47. The summed E-state index contributed by atoms with van der Waals surface area (Å²) in [6, 6.07) is 0. The van der Waals surface area contributed by atoms with Crippen LogP contribution in [0.5, 0.6) is 0 Å². The number of likely N-dealkylation sites (tertiary alicyclic amines) is 1. The molecule has 0 spiro atoms. The highest BCUT2D eigenvalue weighted by atomic mass is 16.2. The van der Waals surface area contributed by atoms with Gasteiger partial charge >= 0.3 is 0 Å². The highest BCUT2D eigenvalue weighted by molar-refractivity contribution is 5.95. The van der Waals surface area contributed by atoms with Gasteiger partial charge in [0, 0.05) is 31.7 Å². The summed E-state index contributed by atoms with van der Waals surface area (Å²) in [7, 11) is 1.94. The van der Waals surface area contributed by atoms with Gasteiger partial charge in [-0.1, -0.05) is 0 Å². The van der Waals surface area contributed by atoms with E-state index in [-0.39, 0.29) is 11.8 Å². The standard InChI is InChI=1S/C13H18N6O/c1-9-11(6-14-16-9)13(20)19-5-3-4-10(7-19)12-17-15-8-18(12)2/h6,8,10H,3-5,7H2,1-2H3,(H,14,16). The van der Waals surface area contributed by atoms with Gasteiger partial charge in [-0.05, 0) is 19.8 Å². The van der Waals surface area contributed by atoms with E-state index in [1.165, 1.54) is 0 Å². The molecule has 20 heavy (non-hydrogen) atoms. The van der Waals surface area contributed by atoms with Crippen molar-refractivity contribution < 1.29 is 4.79 Å². The van der Waals surface area contributed by atoms with Crippen molar-refractivity contribution in [3.8, 4) is 0 Å². The lowest BCUT2D eigenvalue weighted by Crippen LogP contribution is -2.39. The van der Waals surface area contributed by atoms with Gasteiger partial charge in [0.2, 0.25) is 0 Å². The minimum Gasteiger partial charge on any atom is -0.338 e. The Morgan fingerprint density at radius 3 is 3.00 bits per heavy atom. The molecule has 0 aliphatic carbocycles. The van der Waals surface area contributed by atoms with E-state index in [2.05, 4.69) is 20.4 Å². The molecule has 0 saturated carbocycles. The van der Waals surface area contributed by atoms with Crippen LogP contribution in [-0.2, 0) is 7.05 Å². The zero-order chi connectivity index (χ0) is 14.1. The van der Waals surface area contributed by atoms with Crippen LogP contribution >= 0.6 is 0 Å². The molecule has 1 saturated heterocycles. The minimum absolute atomic E-state index is 0.0446. The van der Waals surface area contributed by atoms with Gasteiger partial charge in [0.25, 0.3) is 5.91 Å². The second kappa shape index (κ2) is 5.07. The van der Waals surface area contributed by atoms with Crippen LogP contribution in [0.4, 0.5) is 0 Å². The van der Waals surface area contributed by atoms with Crippen LogP contribution in [0.1, 0.15) is 40.6 Å². The maximum Gasteiger partial charge on any atom is 0.257 e. The molecule has 2 aromatic heterocycles. The van der Waals surface area contributed by atoms with Gasteiger partial charge < -0.3 is 9.47 Å². The van der Waals surface area contributed by atoms with Crippen molar-refractivity contribution in [3.63, 3.8) is 0 Å². The first-order valence-electron chi connectivity index (χ1n) is 6.80. The number of H-pyrrole nitrogens is 1. The van der Waals surface area contributed by atoms with E-state index in [1.807, 2.05) is 23.4 Å². The van der Waals surface area contributed by atoms with E-state index < -0.39 is 0 Å². The van der Waals surface area contributed by atoms with Gasteiger partial charge in [0.15, 0.2) is 0 Å². The summed E-state index contributed by atoms with van der Waals surface area (Å²) >= 11 is 0. The Morgan fingerprint density at radius 1 is 1.50 bits per heavy atom. The molecular weight excluding hydrogens is 256 g/mol. The van der Waals surface area contributed by atoms with Gasteiger partial charge in [-0.25, -0.2) is 0 Å². The van der Waals surface area contributed by atoms with Crippen LogP contribution in [0.2, 0.25) is 0 Å². The number of piperidine rings is 1. The number of rotatable bonds is 2. The normalized spacial score (nSPS) is 19.3. The van der Waals surface area contributed by atoms with Crippen LogP contribution in [0.25, 0.3) is 0 Å². The molecule has 3 heterocycles. The monoisotopic (exact) mass is 274 g/mol. The number of amides is 1. The molecular formula is C13H18N6O. The number of carbonyl (C=O) groups is 1. The summed E-state index contributed by atoms with van der Waals surface area (Å²) in [6.07, 6.45) is 5.33. The maximum atomic E-state index is 12.5. The van der Waals surface area contributed by atoms with E-state index in [0.717, 1.165) is 30.9 Å². The molecule has 3 rings (SSSR count). The zero-order valence-electron chi connectivity index (χ0n) is 11.7. The van der Waals surface area contributed by atoms with Gasteiger partial charge in [0.1, 0.15) is 12.2 Å². The third-order valence-electron chi connectivity index (χ3n) is 3.88. The van der Waals surface area contributed by atoms with E-state index in [1.54, 1.807) is 12.5 Å². The highest BCUT2D eigenvalue weighted by Crippen LogP contribution is 2.26. The number of nitrogens with zero attached hydrogens (tertiary/aromatic N) is 5.